The van der Waals surface area contributed by atoms with Crippen molar-refractivity contribution in [2.45, 2.75) is 0 Å². The second kappa shape index (κ2) is 13.0. The van der Waals surface area contributed by atoms with Gasteiger partial charge in [0.25, 0.3) is 0 Å². The van der Waals surface area contributed by atoms with Gasteiger partial charge in [0.15, 0.2) is 0 Å². The fraction of sp³-hybridized carbons (Fsp3) is 0. The molecule has 0 aliphatic heterocycles. The van der Waals surface area contributed by atoms with Crippen LogP contribution in [0.1, 0.15) is 0 Å². The molecule has 37 heavy (non-hydrogen) atoms. The predicted octanol–water partition coefficient (Wildman–Crippen LogP) is 6.41. The molecule has 178 valence electrons. The van der Waals surface area contributed by atoms with Crippen LogP contribution in [0.15, 0.2) is 134 Å². The van der Waals surface area contributed by atoms with E-state index in [1.54, 1.807) is 37.2 Å². The van der Waals surface area contributed by atoms with Gasteiger partial charge in [-0.2, -0.15) is 0 Å². The summed E-state index contributed by atoms with van der Waals surface area (Å²) in [5, 5.41) is 0. The molecule has 0 aliphatic rings. The third-order valence-corrected chi connectivity index (χ3v) is 5.31. The first-order valence-corrected chi connectivity index (χ1v) is 11.5. The molecule has 0 N–H and O–H groups in total. The Balaban J connectivity index is 0.000000168. The third kappa shape index (κ3) is 6.41. The van der Waals surface area contributed by atoms with E-state index in [1.165, 1.54) is 0 Å². The molecule has 6 aromatic rings. The van der Waals surface area contributed by atoms with Crippen LogP contribution in [0.2, 0.25) is 0 Å². The zero-order valence-corrected chi connectivity index (χ0v) is 22.1. The molecule has 6 nitrogen and oxygen atoms in total. The first kappa shape index (κ1) is 25.6. The van der Waals surface area contributed by atoms with Gasteiger partial charge < -0.3 is 0 Å². The fourth-order valence-electron chi connectivity index (χ4n) is 3.68. The van der Waals surface area contributed by atoms with Crippen LogP contribution in [0.4, 0.5) is 0 Å². The number of hydrogen-bond donors (Lipinski definition) is 0. The summed E-state index contributed by atoms with van der Waals surface area (Å²) < 4.78 is 0. The minimum atomic E-state index is 0. The summed E-state index contributed by atoms with van der Waals surface area (Å²) in [6.07, 6.45) is 10.7. The maximum atomic E-state index is 4.42. The van der Waals surface area contributed by atoms with E-state index in [-0.39, 0.29) is 20.1 Å². The van der Waals surface area contributed by atoms with E-state index in [1.807, 2.05) is 97.1 Å². The summed E-state index contributed by atoms with van der Waals surface area (Å²) in [6.45, 7) is 0. The van der Waals surface area contributed by atoms with E-state index < -0.39 is 0 Å². The molecule has 0 atom stereocenters. The molecule has 0 radical (unpaired) electrons. The molecular weight excluding hydrogens is 637 g/mol. The number of pyridine rings is 6. The maximum Gasteiger partial charge on any atom is 3.00 e. The van der Waals surface area contributed by atoms with Crippen LogP contribution in [-0.2, 0) is 20.1 Å². The van der Waals surface area contributed by atoms with Crippen LogP contribution < -0.4 is 0 Å². The molecule has 7 heteroatoms. The average molecular weight is 659 g/mol. The zero-order chi connectivity index (χ0) is 24.4. The number of hydrogen-bond acceptors (Lipinski definition) is 6. The van der Waals surface area contributed by atoms with Crippen molar-refractivity contribution in [3.8, 4) is 45.3 Å². The summed E-state index contributed by atoms with van der Waals surface area (Å²) in [5.41, 5.74) is 7.25. The second-order valence-corrected chi connectivity index (χ2v) is 7.66. The van der Waals surface area contributed by atoms with Crippen LogP contribution in [0.5, 0.6) is 0 Å². The Bertz CT molecular complexity index is 1280. The average Bonchev–Trinajstić information content (AvgIpc) is 2.99. The van der Waals surface area contributed by atoms with E-state index >= 15 is 0 Å². The van der Waals surface area contributed by atoms with Crippen molar-refractivity contribution in [3.63, 3.8) is 0 Å². The van der Waals surface area contributed by atoms with Gasteiger partial charge in [0.2, 0.25) is 0 Å². The van der Waals surface area contributed by atoms with Gasteiger partial charge in [-0.1, -0.05) is 24.3 Å². The molecule has 6 rings (SSSR count). The van der Waals surface area contributed by atoms with Gasteiger partial charge in [0.1, 0.15) is 0 Å². The van der Waals surface area contributed by atoms with E-state index in [0.717, 1.165) is 45.3 Å². The summed E-state index contributed by atoms with van der Waals surface area (Å²) >= 11 is 0. The Morgan fingerprint density at radius 2 is 0.622 bits per heavy atom. The van der Waals surface area contributed by atoms with Crippen LogP contribution in [0.3, 0.4) is 0 Å². The minimum absolute atomic E-state index is 0. The smallest absolute Gasteiger partial charge is 0.256 e. The topological polar surface area (TPSA) is 77.3 Å². The van der Waals surface area contributed by atoms with Crippen molar-refractivity contribution in [1.82, 2.24) is 29.9 Å². The van der Waals surface area contributed by atoms with Crippen LogP contribution in [0.25, 0.3) is 45.3 Å². The van der Waals surface area contributed by atoms with Crippen LogP contribution >= 0.6 is 0 Å². The Kier molecular flexibility index (Phi) is 9.02. The van der Waals surface area contributed by atoms with Gasteiger partial charge in [0, 0.05) is 48.3 Å². The molecule has 0 bridgehead atoms. The van der Waals surface area contributed by atoms with Crippen molar-refractivity contribution in [2.75, 3.05) is 0 Å². The normalized spacial score (nSPS) is 9.95. The molecule has 0 saturated carbocycles. The van der Waals surface area contributed by atoms with Crippen molar-refractivity contribution < 1.29 is 20.1 Å². The molecule has 0 fully saturated rings. The molecule has 0 aliphatic carbocycles. The molecule has 0 unspecified atom stereocenters. The van der Waals surface area contributed by atoms with Crippen molar-refractivity contribution in [3.05, 3.63) is 134 Å². The Morgan fingerprint density at radius 1 is 0.297 bits per heavy atom. The van der Waals surface area contributed by atoms with Crippen molar-refractivity contribution >= 4 is 0 Å². The Morgan fingerprint density at radius 3 is 0.946 bits per heavy atom. The third-order valence-electron chi connectivity index (χ3n) is 5.31. The molecule has 0 saturated heterocycles. The van der Waals surface area contributed by atoms with Crippen molar-refractivity contribution in [1.29, 1.82) is 0 Å². The van der Waals surface area contributed by atoms with Crippen LogP contribution in [0, 0.1) is 0 Å². The van der Waals surface area contributed by atoms with E-state index in [9.17, 15) is 0 Å². The number of rotatable bonds is 4. The number of nitrogens with zero attached hydrogens (tertiary/aromatic N) is 6. The van der Waals surface area contributed by atoms with Gasteiger partial charge in [0.05, 0.1) is 34.2 Å². The standard InChI is InChI=1S/2C15H11N3.Ir/c2*1-3-9-16-13(7-1)12-6-5-11-18-15(12)14-8-2-4-10-17-14;/h2*1-11H;/q;;+3. The summed E-state index contributed by atoms with van der Waals surface area (Å²) in [6, 6.07) is 31.2. The van der Waals surface area contributed by atoms with Crippen LogP contribution in [-0.4, -0.2) is 29.9 Å². The quantitative estimate of drug-likeness (QED) is 0.218. The van der Waals surface area contributed by atoms with Crippen molar-refractivity contribution in [2.24, 2.45) is 0 Å². The molecule has 6 heterocycles. The van der Waals surface area contributed by atoms with Gasteiger partial charge in [-0.25, -0.2) is 0 Å². The van der Waals surface area contributed by atoms with Gasteiger partial charge in [-0.15, -0.1) is 0 Å². The molecule has 0 spiro atoms. The maximum absolute atomic E-state index is 4.42. The largest absolute Gasteiger partial charge is 3.00 e. The minimum Gasteiger partial charge on any atom is -0.256 e. The fourth-order valence-corrected chi connectivity index (χ4v) is 3.68. The first-order chi connectivity index (χ1) is 17.9. The van der Waals surface area contributed by atoms with Gasteiger partial charge in [-0.3, -0.25) is 29.9 Å². The Hall–Kier alpha value is -4.45. The first-order valence-electron chi connectivity index (χ1n) is 11.5. The SMILES string of the molecule is [Ir+3].c1ccc(-c2cccnc2-c2ccccn2)nc1.c1ccc(-c2cccnc2-c2ccccn2)nc1. The molecule has 0 amide bonds. The summed E-state index contributed by atoms with van der Waals surface area (Å²) in [5.74, 6) is 0. The Labute approximate surface area is 229 Å². The summed E-state index contributed by atoms with van der Waals surface area (Å²) in [7, 11) is 0. The van der Waals surface area contributed by atoms with Gasteiger partial charge >= 0.3 is 20.1 Å². The van der Waals surface area contributed by atoms with Gasteiger partial charge in [-0.05, 0) is 72.8 Å². The second-order valence-electron chi connectivity index (χ2n) is 7.66. The van der Waals surface area contributed by atoms with E-state index in [4.69, 9.17) is 0 Å². The predicted molar refractivity (Wildman–Crippen MR) is 141 cm³/mol. The molecular formula is C30H22IrN6+3. The number of aromatic nitrogens is 6. The zero-order valence-electron chi connectivity index (χ0n) is 19.7. The van der Waals surface area contributed by atoms with E-state index in [0.29, 0.717) is 0 Å². The molecule has 0 aromatic carbocycles. The van der Waals surface area contributed by atoms with E-state index in [2.05, 4.69) is 29.9 Å². The monoisotopic (exact) mass is 659 g/mol. The molecule has 6 aromatic heterocycles. The summed E-state index contributed by atoms with van der Waals surface area (Å²) in [4.78, 5) is 26.3.